The maximum absolute atomic E-state index is 12.2. The van der Waals surface area contributed by atoms with Crippen molar-refractivity contribution >= 4 is 45.0 Å². The molecule has 0 fully saturated rings. The molecule has 0 unspecified atom stereocenters. The summed E-state index contributed by atoms with van der Waals surface area (Å²) >= 11 is 7.13. The van der Waals surface area contributed by atoms with Crippen LogP contribution in [0.15, 0.2) is 53.5 Å². The Morgan fingerprint density at radius 3 is 2.62 bits per heavy atom. The summed E-state index contributed by atoms with van der Waals surface area (Å²) in [5, 5.41) is 0.586. The van der Waals surface area contributed by atoms with Gasteiger partial charge in [-0.1, -0.05) is 35.1 Å². The number of fused-ring (bicyclic) bond motifs is 1. The zero-order valence-corrected chi connectivity index (χ0v) is 15.4. The van der Waals surface area contributed by atoms with Crippen molar-refractivity contribution in [2.75, 3.05) is 13.7 Å². The number of hydrogen-bond acceptors (Lipinski definition) is 5. The van der Waals surface area contributed by atoms with Gasteiger partial charge < -0.3 is 14.0 Å². The average molecular weight is 391 g/mol. The van der Waals surface area contributed by atoms with Crippen LogP contribution in [0.25, 0.3) is 10.2 Å². The molecule has 0 spiro atoms. The van der Waals surface area contributed by atoms with Crippen LogP contribution in [0.3, 0.4) is 0 Å². The lowest BCUT2D eigenvalue weighted by Crippen LogP contribution is -2.23. The third-order valence-corrected chi connectivity index (χ3v) is 4.81. The highest BCUT2D eigenvalue weighted by atomic mass is 35.5. The minimum Gasteiger partial charge on any atom is -0.484 e. The number of rotatable bonds is 5. The van der Waals surface area contributed by atoms with Gasteiger partial charge >= 0.3 is 5.97 Å². The minimum absolute atomic E-state index is 0.0231. The second-order valence-corrected chi connectivity index (χ2v) is 6.71. The van der Waals surface area contributed by atoms with Crippen LogP contribution in [0.5, 0.6) is 5.75 Å². The number of carbonyl (C=O) groups excluding carboxylic acids is 2. The van der Waals surface area contributed by atoms with E-state index in [4.69, 9.17) is 21.1 Å². The molecule has 1 aromatic heterocycles. The number of amides is 1. The molecule has 0 aliphatic rings. The Hall–Kier alpha value is -2.64. The predicted octanol–water partition coefficient (Wildman–Crippen LogP) is 3.04. The average Bonchev–Trinajstić information content (AvgIpc) is 2.98. The zero-order valence-electron chi connectivity index (χ0n) is 13.8. The van der Waals surface area contributed by atoms with Gasteiger partial charge in [-0.15, -0.1) is 0 Å². The van der Waals surface area contributed by atoms with Gasteiger partial charge in [0.2, 0.25) is 0 Å². The van der Waals surface area contributed by atoms with Crippen molar-refractivity contribution in [3.63, 3.8) is 0 Å². The first-order chi connectivity index (χ1) is 12.6. The van der Waals surface area contributed by atoms with E-state index in [2.05, 4.69) is 4.99 Å². The molecule has 8 heteroatoms. The number of halogens is 1. The zero-order chi connectivity index (χ0) is 18.5. The first-order valence-electron chi connectivity index (χ1n) is 7.68. The number of benzene rings is 2. The molecule has 0 saturated carbocycles. The van der Waals surface area contributed by atoms with Crippen molar-refractivity contribution in [2.45, 2.75) is 6.54 Å². The van der Waals surface area contributed by atoms with Crippen LogP contribution in [0.2, 0.25) is 5.02 Å². The second kappa shape index (κ2) is 8.16. The number of aromatic nitrogens is 1. The Labute approximate surface area is 158 Å². The summed E-state index contributed by atoms with van der Waals surface area (Å²) in [5.41, 5.74) is 0.813. The highest BCUT2D eigenvalue weighted by Crippen LogP contribution is 2.17. The van der Waals surface area contributed by atoms with Gasteiger partial charge in [-0.2, -0.15) is 4.99 Å². The first-order valence-corrected chi connectivity index (χ1v) is 8.87. The van der Waals surface area contributed by atoms with E-state index in [1.54, 1.807) is 28.8 Å². The second-order valence-electron chi connectivity index (χ2n) is 5.26. The van der Waals surface area contributed by atoms with Gasteiger partial charge in [0.1, 0.15) is 12.3 Å². The molecule has 0 aliphatic carbocycles. The fourth-order valence-corrected chi connectivity index (χ4v) is 3.44. The molecule has 0 radical (unpaired) electrons. The van der Waals surface area contributed by atoms with Gasteiger partial charge in [-0.05, 0) is 36.4 Å². The summed E-state index contributed by atoms with van der Waals surface area (Å²) in [6.45, 7) is -0.237. The minimum atomic E-state index is -0.454. The van der Waals surface area contributed by atoms with E-state index in [0.29, 0.717) is 15.6 Å². The van der Waals surface area contributed by atoms with Crippen LogP contribution >= 0.6 is 22.9 Å². The molecule has 3 rings (SSSR count). The number of nitrogens with zero attached hydrogens (tertiary/aromatic N) is 2. The number of para-hydroxylation sites is 1. The summed E-state index contributed by atoms with van der Waals surface area (Å²) in [4.78, 5) is 28.4. The topological polar surface area (TPSA) is 69.9 Å². The highest BCUT2D eigenvalue weighted by molar-refractivity contribution is 7.16. The maximum atomic E-state index is 12.2. The van der Waals surface area contributed by atoms with Crippen molar-refractivity contribution < 1.29 is 19.1 Å². The van der Waals surface area contributed by atoms with Crippen molar-refractivity contribution in [3.05, 3.63) is 58.4 Å². The largest absolute Gasteiger partial charge is 0.484 e. The monoisotopic (exact) mass is 390 g/mol. The van der Waals surface area contributed by atoms with E-state index in [9.17, 15) is 9.59 Å². The third kappa shape index (κ3) is 4.30. The van der Waals surface area contributed by atoms with E-state index in [1.165, 1.54) is 18.4 Å². The van der Waals surface area contributed by atoms with Crippen molar-refractivity contribution in [2.24, 2.45) is 4.99 Å². The van der Waals surface area contributed by atoms with Crippen molar-refractivity contribution in [1.29, 1.82) is 0 Å². The maximum Gasteiger partial charge on any atom is 0.325 e. The molecular weight excluding hydrogens is 376 g/mol. The summed E-state index contributed by atoms with van der Waals surface area (Å²) in [7, 11) is 1.32. The quantitative estimate of drug-likeness (QED) is 0.628. The number of carbonyl (C=O) groups is 2. The smallest absolute Gasteiger partial charge is 0.325 e. The molecule has 0 atom stereocenters. The Balaban J connectivity index is 1.85. The van der Waals surface area contributed by atoms with Gasteiger partial charge in [0.25, 0.3) is 5.91 Å². The van der Waals surface area contributed by atoms with Crippen LogP contribution in [0.4, 0.5) is 0 Å². The van der Waals surface area contributed by atoms with Crippen molar-refractivity contribution in [1.82, 2.24) is 4.57 Å². The van der Waals surface area contributed by atoms with Crippen LogP contribution in [0, 0.1) is 0 Å². The summed E-state index contributed by atoms with van der Waals surface area (Å²) in [5.74, 6) is -0.346. The predicted molar refractivity (Wildman–Crippen MR) is 99.3 cm³/mol. The lowest BCUT2D eigenvalue weighted by molar-refractivity contribution is -0.141. The summed E-state index contributed by atoms with van der Waals surface area (Å²) in [6.07, 6.45) is 0. The van der Waals surface area contributed by atoms with E-state index in [-0.39, 0.29) is 13.2 Å². The van der Waals surface area contributed by atoms with E-state index in [0.717, 1.165) is 10.2 Å². The summed E-state index contributed by atoms with van der Waals surface area (Å²) < 4.78 is 12.7. The van der Waals surface area contributed by atoms with Crippen LogP contribution in [-0.4, -0.2) is 30.2 Å². The molecule has 1 amide bonds. The molecule has 0 bridgehead atoms. The Bertz CT molecular complexity index is 1010. The number of ether oxygens (including phenoxy) is 2. The lowest BCUT2D eigenvalue weighted by atomic mass is 10.3. The fourth-order valence-electron chi connectivity index (χ4n) is 2.27. The number of thiazole rings is 1. The first kappa shape index (κ1) is 18.2. The van der Waals surface area contributed by atoms with E-state index < -0.39 is 11.9 Å². The Morgan fingerprint density at radius 1 is 1.15 bits per heavy atom. The molecule has 0 N–H and O–H groups in total. The highest BCUT2D eigenvalue weighted by Gasteiger charge is 2.11. The van der Waals surface area contributed by atoms with Gasteiger partial charge in [0.15, 0.2) is 11.4 Å². The number of hydrogen-bond donors (Lipinski definition) is 0. The Kier molecular flexibility index (Phi) is 5.70. The molecule has 26 heavy (non-hydrogen) atoms. The molecule has 2 aromatic carbocycles. The third-order valence-electron chi connectivity index (χ3n) is 3.50. The van der Waals surface area contributed by atoms with Crippen molar-refractivity contribution in [3.8, 4) is 5.75 Å². The van der Waals surface area contributed by atoms with Gasteiger partial charge in [-0.25, -0.2) is 0 Å². The normalized spacial score (nSPS) is 11.5. The molecule has 6 nitrogen and oxygen atoms in total. The fraction of sp³-hybridized carbons (Fsp3) is 0.167. The number of methoxy groups -OCH3 is 1. The molecule has 1 heterocycles. The van der Waals surface area contributed by atoms with Crippen LogP contribution in [0.1, 0.15) is 0 Å². The van der Waals surface area contributed by atoms with Gasteiger partial charge in [0, 0.05) is 5.02 Å². The number of esters is 1. The van der Waals surface area contributed by atoms with E-state index in [1.807, 2.05) is 24.3 Å². The standard InChI is InChI=1S/C18H15ClN2O4S/c1-24-17(23)10-21-14-4-2-3-5-15(14)26-18(21)20-16(22)11-25-13-8-6-12(19)7-9-13/h2-9H,10-11H2,1H3. The lowest BCUT2D eigenvalue weighted by Gasteiger charge is -2.04. The molecular formula is C18H15ClN2O4S. The molecule has 134 valence electrons. The van der Waals surface area contributed by atoms with E-state index >= 15 is 0 Å². The molecule has 0 saturated heterocycles. The van der Waals surface area contributed by atoms with Gasteiger partial charge in [0.05, 0.1) is 17.3 Å². The Morgan fingerprint density at radius 2 is 1.88 bits per heavy atom. The molecule has 3 aromatic rings. The van der Waals surface area contributed by atoms with Gasteiger partial charge in [-0.3, -0.25) is 9.59 Å². The van der Waals surface area contributed by atoms with Crippen LogP contribution in [-0.2, 0) is 20.9 Å². The SMILES string of the molecule is COC(=O)Cn1c(=NC(=O)COc2ccc(Cl)cc2)sc2ccccc21. The van der Waals surface area contributed by atoms with Crippen LogP contribution < -0.4 is 9.54 Å². The molecule has 0 aliphatic heterocycles. The summed E-state index contributed by atoms with van der Waals surface area (Å²) in [6, 6.07) is 14.2.